The number of nitrogen functional groups attached to an aromatic ring is 1. The van der Waals surface area contributed by atoms with Crippen molar-refractivity contribution in [1.29, 1.82) is 0 Å². The van der Waals surface area contributed by atoms with Crippen molar-refractivity contribution in [3.63, 3.8) is 0 Å². The molecule has 1 heterocycles. The summed E-state index contributed by atoms with van der Waals surface area (Å²) in [4.78, 5) is 4.07. The Morgan fingerprint density at radius 3 is 2.79 bits per heavy atom. The van der Waals surface area contributed by atoms with Crippen LogP contribution in [0.1, 0.15) is 5.56 Å². The van der Waals surface area contributed by atoms with Crippen LogP contribution < -0.4 is 11.2 Å². The number of nitrogens with two attached hydrogens (primary N) is 1. The summed E-state index contributed by atoms with van der Waals surface area (Å²) in [5, 5.41) is 18.6. The van der Waals surface area contributed by atoms with Crippen LogP contribution in [0.15, 0.2) is 12.1 Å². The summed E-state index contributed by atoms with van der Waals surface area (Å²) in [7, 11) is -1.50. The lowest BCUT2D eigenvalue weighted by Gasteiger charge is -2.01. The summed E-state index contributed by atoms with van der Waals surface area (Å²) in [5.74, 6) is 0. The normalized spacial score (nSPS) is 10.8. The number of nitrogens with zero attached hydrogens (tertiary/aromatic N) is 1. The van der Waals surface area contributed by atoms with Crippen molar-refractivity contribution in [1.82, 2.24) is 4.98 Å². The van der Waals surface area contributed by atoms with Gasteiger partial charge in [-0.15, -0.1) is 0 Å². The summed E-state index contributed by atoms with van der Waals surface area (Å²) in [5.41, 5.74) is 7.60. The number of thiazole rings is 1. The van der Waals surface area contributed by atoms with Crippen molar-refractivity contribution >= 4 is 39.3 Å². The van der Waals surface area contributed by atoms with Gasteiger partial charge in [0.1, 0.15) is 0 Å². The van der Waals surface area contributed by atoms with Crippen molar-refractivity contribution < 1.29 is 10.0 Å². The molecule has 0 fully saturated rings. The quantitative estimate of drug-likeness (QED) is 0.570. The zero-order chi connectivity index (χ0) is 10.3. The smallest absolute Gasteiger partial charge is 0.423 e. The van der Waals surface area contributed by atoms with E-state index < -0.39 is 7.12 Å². The van der Waals surface area contributed by atoms with Gasteiger partial charge in [-0.25, -0.2) is 4.98 Å². The predicted octanol–water partition coefficient (Wildman–Crippen LogP) is -0.133. The van der Waals surface area contributed by atoms with E-state index in [-0.39, 0.29) is 0 Å². The lowest BCUT2D eigenvalue weighted by molar-refractivity contribution is 0.426. The minimum atomic E-state index is -1.50. The summed E-state index contributed by atoms with van der Waals surface area (Å²) in [6, 6.07) is 3.48. The molecule has 0 amide bonds. The van der Waals surface area contributed by atoms with Crippen LogP contribution in [0.5, 0.6) is 0 Å². The molecule has 6 heteroatoms. The van der Waals surface area contributed by atoms with Crippen molar-refractivity contribution in [2.75, 3.05) is 5.73 Å². The predicted molar refractivity (Wildman–Crippen MR) is 58.6 cm³/mol. The largest absolute Gasteiger partial charge is 0.490 e. The molecule has 0 aliphatic heterocycles. The van der Waals surface area contributed by atoms with E-state index in [0.717, 1.165) is 10.3 Å². The molecule has 1 aromatic carbocycles. The topological polar surface area (TPSA) is 79.4 Å². The molecule has 0 unspecified atom stereocenters. The third-order valence-corrected chi connectivity index (χ3v) is 3.09. The summed E-state index contributed by atoms with van der Waals surface area (Å²) < 4.78 is 0.910. The maximum Gasteiger partial charge on any atom is 0.490 e. The number of rotatable bonds is 1. The highest BCUT2D eigenvalue weighted by Gasteiger charge is 2.18. The van der Waals surface area contributed by atoms with Crippen LogP contribution in [0.4, 0.5) is 5.13 Å². The van der Waals surface area contributed by atoms with Crippen LogP contribution in [-0.4, -0.2) is 22.2 Å². The second-order valence-corrected chi connectivity index (χ2v) is 4.11. The standard InChI is InChI=1S/C8H9BN2O2S/c1-4-2-3-5(9(12)13)6-7(4)14-8(10)11-6/h2-3,12-13H,1H3,(H2,10,11). The molecule has 2 aromatic rings. The van der Waals surface area contributed by atoms with Gasteiger partial charge in [0.05, 0.1) is 10.2 Å². The molecule has 0 bridgehead atoms. The van der Waals surface area contributed by atoms with Gasteiger partial charge < -0.3 is 15.8 Å². The van der Waals surface area contributed by atoms with Gasteiger partial charge in [0, 0.05) is 5.46 Å². The highest BCUT2D eigenvalue weighted by Crippen LogP contribution is 2.25. The summed E-state index contributed by atoms with van der Waals surface area (Å²) in [6.45, 7) is 1.94. The lowest BCUT2D eigenvalue weighted by atomic mass is 9.79. The van der Waals surface area contributed by atoms with E-state index >= 15 is 0 Å². The second-order valence-electron chi connectivity index (χ2n) is 3.08. The molecule has 0 radical (unpaired) electrons. The average Bonchev–Trinajstić information content (AvgIpc) is 2.47. The zero-order valence-corrected chi connectivity index (χ0v) is 8.38. The molecular weight excluding hydrogens is 199 g/mol. The first-order chi connectivity index (χ1) is 6.59. The molecule has 4 N–H and O–H groups in total. The Labute approximate surface area is 85.2 Å². The maximum absolute atomic E-state index is 9.10. The van der Waals surface area contributed by atoms with Gasteiger partial charge in [0.15, 0.2) is 5.13 Å². The summed E-state index contributed by atoms with van der Waals surface area (Å²) >= 11 is 1.35. The molecule has 0 atom stereocenters. The van der Waals surface area contributed by atoms with E-state index in [4.69, 9.17) is 15.8 Å². The van der Waals surface area contributed by atoms with E-state index in [1.807, 2.05) is 13.0 Å². The van der Waals surface area contributed by atoms with Crippen LogP contribution >= 0.6 is 11.3 Å². The first kappa shape index (κ1) is 9.45. The molecular formula is C8H9BN2O2S. The monoisotopic (exact) mass is 208 g/mol. The first-order valence-electron chi connectivity index (χ1n) is 4.11. The molecule has 0 saturated heterocycles. The van der Waals surface area contributed by atoms with Gasteiger partial charge in [-0.1, -0.05) is 23.5 Å². The fourth-order valence-corrected chi connectivity index (χ4v) is 2.21. The number of fused-ring (bicyclic) bond motifs is 1. The van der Waals surface area contributed by atoms with E-state index in [0.29, 0.717) is 16.1 Å². The lowest BCUT2D eigenvalue weighted by Crippen LogP contribution is -2.30. The van der Waals surface area contributed by atoms with Crippen LogP contribution in [-0.2, 0) is 0 Å². The Balaban J connectivity index is 2.81. The molecule has 0 aliphatic rings. The highest BCUT2D eigenvalue weighted by molar-refractivity contribution is 7.22. The summed E-state index contributed by atoms with van der Waals surface area (Å²) in [6.07, 6.45) is 0. The number of aryl methyl sites for hydroxylation is 1. The maximum atomic E-state index is 9.10. The van der Waals surface area contributed by atoms with Gasteiger partial charge in [0.2, 0.25) is 0 Å². The number of aromatic nitrogens is 1. The number of anilines is 1. The van der Waals surface area contributed by atoms with Crippen molar-refractivity contribution in [3.05, 3.63) is 17.7 Å². The van der Waals surface area contributed by atoms with Crippen LogP contribution in [0.3, 0.4) is 0 Å². The van der Waals surface area contributed by atoms with Crippen molar-refractivity contribution in [3.8, 4) is 0 Å². The van der Waals surface area contributed by atoms with Crippen LogP contribution in [0, 0.1) is 6.92 Å². The molecule has 72 valence electrons. The van der Waals surface area contributed by atoms with Gasteiger partial charge in [-0.3, -0.25) is 0 Å². The van der Waals surface area contributed by atoms with Gasteiger partial charge in [0.25, 0.3) is 0 Å². The first-order valence-corrected chi connectivity index (χ1v) is 4.93. The second kappa shape index (κ2) is 3.23. The van der Waals surface area contributed by atoms with Crippen molar-refractivity contribution in [2.45, 2.75) is 6.92 Å². The Hall–Kier alpha value is -1.11. The molecule has 14 heavy (non-hydrogen) atoms. The van der Waals surface area contributed by atoms with Gasteiger partial charge in [-0.2, -0.15) is 0 Å². The van der Waals surface area contributed by atoms with E-state index in [9.17, 15) is 0 Å². The molecule has 2 rings (SSSR count). The average molecular weight is 208 g/mol. The van der Waals surface area contributed by atoms with Gasteiger partial charge in [-0.05, 0) is 12.5 Å². The van der Waals surface area contributed by atoms with Crippen molar-refractivity contribution in [2.24, 2.45) is 0 Å². The van der Waals surface area contributed by atoms with Gasteiger partial charge >= 0.3 is 7.12 Å². The highest BCUT2D eigenvalue weighted by atomic mass is 32.1. The zero-order valence-electron chi connectivity index (χ0n) is 7.56. The number of hydrogen-bond donors (Lipinski definition) is 3. The Morgan fingerprint density at radius 2 is 2.14 bits per heavy atom. The van der Waals surface area contributed by atoms with E-state index in [1.54, 1.807) is 6.07 Å². The number of hydrogen-bond acceptors (Lipinski definition) is 5. The van der Waals surface area contributed by atoms with E-state index in [2.05, 4.69) is 4.98 Å². The van der Waals surface area contributed by atoms with E-state index in [1.165, 1.54) is 11.3 Å². The molecule has 4 nitrogen and oxygen atoms in total. The molecule has 0 saturated carbocycles. The SMILES string of the molecule is Cc1ccc(B(O)O)c2nc(N)sc12. The Morgan fingerprint density at radius 1 is 1.43 bits per heavy atom. The Bertz CT molecular complexity index is 483. The third-order valence-electron chi connectivity index (χ3n) is 2.07. The molecule has 1 aromatic heterocycles. The molecule has 0 aliphatic carbocycles. The third kappa shape index (κ3) is 1.37. The Kier molecular flexibility index (Phi) is 2.18. The fourth-order valence-electron chi connectivity index (χ4n) is 1.38. The van der Waals surface area contributed by atoms with Crippen LogP contribution in [0.2, 0.25) is 0 Å². The minimum absolute atomic E-state index is 0.401. The number of benzene rings is 1. The van der Waals surface area contributed by atoms with Crippen LogP contribution in [0.25, 0.3) is 10.2 Å². The fraction of sp³-hybridized carbons (Fsp3) is 0.125. The molecule has 0 spiro atoms. The minimum Gasteiger partial charge on any atom is -0.423 e.